The number of hydrogen-bond acceptors (Lipinski definition) is 5. The molecule has 0 bridgehead atoms. The zero-order chi connectivity index (χ0) is 24.1. The van der Waals surface area contributed by atoms with Crippen LogP contribution in [-0.2, 0) is 14.8 Å². The van der Waals surface area contributed by atoms with Crippen LogP contribution < -0.4 is 10.1 Å². The van der Waals surface area contributed by atoms with E-state index < -0.39 is 27.6 Å². The Labute approximate surface area is 198 Å². The molecule has 184 valence electrons. The molecule has 2 fully saturated rings. The molecule has 1 aliphatic heterocycles. The summed E-state index contributed by atoms with van der Waals surface area (Å²) in [4.78, 5) is 16.8. The zero-order valence-corrected chi connectivity index (χ0v) is 19.7. The van der Waals surface area contributed by atoms with Crippen LogP contribution in [0.5, 0.6) is 5.75 Å². The van der Waals surface area contributed by atoms with Gasteiger partial charge in [0.1, 0.15) is 0 Å². The molecule has 2 heterocycles. The predicted molar refractivity (Wildman–Crippen MR) is 123 cm³/mol. The highest BCUT2D eigenvalue weighted by Gasteiger charge is 2.33. The number of sulfonamides is 1. The summed E-state index contributed by atoms with van der Waals surface area (Å²) in [5.41, 5.74) is 0. The number of anilines is 1. The summed E-state index contributed by atoms with van der Waals surface area (Å²) in [6, 6.07) is 6.06. The van der Waals surface area contributed by atoms with Gasteiger partial charge in [-0.25, -0.2) is 22.2 Å². The van der Waals surface area contributed by atoms with Crippen molar-refractivity contribution < 1.29 is 26.7 Å². The smallest absolute Gasteiger partial charge is 0.243 e. The number of pyridine rings is 1. The standard InChI is InChI=1S/C24H29F2N3O4S/c25-20-9-8-19(15-21(20)26)34(31,32)29-13-10-18(11-14-29)24(30)28-23-22(7-4-12-27-23)33-16-17-5-2-1-3-6-17/h4,7-9,12,15,17-18H,1-3,5-6,10-11,13-14,16H2,(H,27,28,30). The number of amides is 1. The molecular formula is C24H29F2N3O4S. The van der Waals surface area contributed by atoms with Crippen LogP contribution in [0.15, 0.2) is 41.4 Å². The minimum absolute atomic E-state index is 0.104. The number of piperidine rings is 1. The third kappa shape index (κ3) is 5.72. The second-order valence-corrected chi connectivity index (χ2v) is 10.8. The maximum Gasteiger partial charge on any atom is 0.243 e. The Morgan fingerprint density at radius 1 is 1.06 bits per heavy atom. The van der Waals surface area contributed by atoms with E-state index in [1.807, 2.05) is 0 Å². The second-order valence-electron chi connectivity index (χ2n) is 8.91. The van der Waals surface area contributed by atoms with Gasteiger partial charge in [-0.1, -0.05) is 19.3 Å². The van der Waals surface area contributed by atoms with E-state index in [1.165, 1.54) is 23.6 Å². The highest BCUT2D eigenvalue weighted by Crippen LogP contribution is 2.29. The van der Waals surface area contributed by atoms with Gasteiger partial charge in [0.2, 0.25) is 15.9 Å². The fourth-order valence-electron chi connectivity index (χ4n) is 4.53. The van der Waals surface area contributed by atoms with Gasteiger partial charge in [-0.3, -0.25) is 4.79 Å². The van der Waals surface area contributed by atoms with E-state index in [0.29, 0.717) is 43.0 Å². The van der Waals surface area contributed by atoms with E-state index in [2.05, 4.69) is 10.3 Å². The van der Waals surface area contributed by atoms with Crippen LogP contribution in [0.2, 0.25) is 0 Å². The molecule has 1 aromatic heterocycles. The lowest BCUT2D eigenvalue weighted by Gasteiger charge is -2.30. The topological polar surface area (TPSA) is 88.6 Å². The number of nitrogens with zero attached hydrogens (tertiary/aromatic N) is 2. The van der Waals surface area contributed by atoms with Crippen molar-refractivity contribution in [1.29, 1.82) is 0 Å². The van der Waals surface area contributed by atoms with Gasteiger partial charge < -0.3 is 10.1 Å². The average molecular weight is 494 g/mol. The summed E-state index contributed by atoms with van der Waals surface area (Å²) in [6.45, 7) is 0.800. The van der Waals surface area contributed by atoms with E-state index >= 15 is 0 Å². The number of ether oxygens (including phenoxy) is 1. The Bertz CT molecular complexity index is 1110. The largest absolute Gasteiger partial charge is 0.489 e. The fourth-order valence-corrected chi connectivity index (χ4v) is 6.01. The SMILES string of the molecule is O=C(Nc1ncccc1OCC1CCCCC1)C1CCN(S(=O)(=O)c2ccc(F)c(F)c2)CC1. The molecule has 1 N–H and O–H groups in total. The minimum atomic E-state index is -3.97. The van der Waals surface area contributed by atoms with Crippen molar-refractivity contribution in [3.05, 3.63) is 48.2 Å². The summed E-state index contributed by atoms with van der Waals surface area (Å²) in [5, 5.41) is 2.83. The quantitative estimate of drug-likeness (QED) is 0.619. The van der Waals surface area contributed by atoms with Crippen molar-refractivity contribution in [2.24, 2.45) is 11.8 Å². The molecule has 0 spiro atoms. The van der Waals surface area contributed by atoms with Gasteiger partial charge in [0.15, 0.2) is 23.2 Å². The van der Waals surface area contributed by atoms with Gasteiger partial charge >= 0.3 is 0 Å². The van der Waals surface area contributed by atoms with Gasteiger partial charge in [0.25, 0.3) is 0 Å². The minimum Gasteiger partial charge on any atom is -0.489 e. The summed E-state index contributed by atoms with van der Waals surface area (Å²) in [7, 11) is -3.97. The van der Waals surface area contributed by atoms with Crippen molar-refractivity contribution in [1.82, 2.24) is 9.29 Å². The molecule has 10 heteroatoms. The van der Waals surface area contributed by atoms with Gasteiger partial charge in [-0.2, -0.15) is 4.31 Å². The molecule has 34 heavy (non-hydrogen) atoms. The molecular weight excluding hydrogens is 464 g/mol. The van der Waals surface area contributed by atoms with Crippen LogP contribution in [0.1, 0.15) is 44.9 Å². The summed E-state index contributed by atoms with van der Waals surface area (Å²) in [6.07, 6.45) is 8.19. The zero-order valence-electron chi connectivity index (χ0n) is 18.9. The Balaban J connectivity index is 1.34. The number of rotatable bonds is 7. The van der Waals surface area contributed by atoms with Crippen molar-refractivity contribution >= 4 is 21.7 Å². The van der Waals surface area contributed by atoms with Crippen molar-refractivity contribution in [3.8, 4) is 5.75 Å². The van der Waals surface area contributed by atoms with Crippen molar-refractivity contribution in [2.75, 3.05) is 25.0 Å². The molecule has 1 saturated heterocycles. The van der Waals surface area contributed by atoms with Crippen molar-refractivity contribution in [3.63, 3.8) is 0 Å². The molecule has 2 aromatic rings. The van der Waals surface area contributed by atoms with Crippen LogP contribution in [0, 0.1) is 23.5 Å². The summed E-state index contributed by atoms with van der Waals surface area (Å²) in [5.74, 6) is -1.56. The maximum absolute atomic E-state index is 13.5. The number of benzene rings is 1. The molecule has 0 atom stereocenters. The van der Waals surface area contributed by atoms with E-state index in [-0.39, 0.29) is 23.9 Å². The van der Waals surface area contributed by atoms with Crippen LogP contribution >= 0.6 is 0 Å². The molecule has 1 aromatic carbocycles. The van der Waals surface area contributed by atoms with Crippen LogP contribution in [0.4, 0.5) is 14.6 Å². The third-order valence-corrected chi connectivity index (χ3v) is 8.46. The molecule has 1 aliphatic carbocycles. The first-order valence-electron chi connectivity index (χ1n) is 11.7. The monoisotopic (exact) mass is 493 g/mol. The first kappa shape index (κ1) is 24.5. The first-order chi connectivity index (χ1) is 16.3. The lowest BCUT2D eigenvalue weighted by molar-refractivity contribution is -0.120. The fraction of sp³-hybridized carbons (Fsp3) is 0.500. The molecule has 0 unspecified atom stereocenters. The lowest BCUT2D eigenvalue weighted by atomic mass is 9.90. The van der Waals surface area contributed by atoms with Gasteiger partial charge in [0, 0.05) is 25.2 Å². The van der Waals surface area contributed by atoms with Crippen molar-refractivity contribution in [2.45, 2.75) is 49.8 Å². The Kier molecular flexibility index (Phi) is 7.77. The van der Waals surface area contributed by atoms with Crippen LogP contribution in [0.3, 0.4) is 0 Å². The van der Waals surface area contributed by atoms with Gasteiger partial charge in [-0.05, 0) is 61.9 Å². The Morgan fingerprint density at radius 2 is 1.79 bits per heavy atom. The van der Waals surface area contributed by atoms with E-state index in [0.717, 1.165) is 25.0 Å². The Hall–Kier alpha value is -2.59. The van der Waals surface area contributed by atoms with Gasteiger partial charge in [-0.15, -0.1) is 0 Å². The number of halogens is 2. The number of hydrogen-bond donors (Lipinski definition) is 1. The van der Waals surface area contributed by atoms with Crippen LogP contribution in [-0.4, -0.2) is 43.3 Å². The lowest BCUT2D eigenvalue weighted by Crippen LogP contribution is -2.41. The molecule has 1 saturated carbocycles. The average Bonchev–Trinajstić information content (AvgIpc) is 2.86. The first-order valence-corrected chi connectivity index (χ1v) is 13.1. The normalized spacial score (nSPS) is 18.5. The Morgan fingerprint density at radius 3 is 2.50 bits per heavy atom. The van der Waals surface area contributed by atoms with Gasteiger partial charge in [0.05, 0.1) is 11.5 Å². The summed E-state index contributed by atoms with van der Waals surface area (Å²) < 4.78 is 59.4. The molecule has 0 radical (unpaired) electrons. The van der Waals surface area contributed by atoms with E-state index in [4.69, 9.17) is 4.74 Å². The number of carbonyl (C=O) groups is 1. The van der Waals surface area contributed by atoms with E-state index in [1.54, 1.807) is 18.3 Å². The predicted octanol–water partition coefficient (Wildman–Crippen LogP) is 4.36. The maximum atomic E-state index is 13.5. The highest BCUT2D eigenvalue weighted by atomic mass is 32.2. The van der Waals surface area contributed by atoms with Crippen LogP contribution in [0.25, 0.3) is 0 Å². The summed E-state index contributed by atoms with van der Waals surface area (Å²) >= 11 is 0. The number of nitrogens with one attached hydrogen (secondary N) is 1. The van der Waals surface area contributed by atoms with E-state index in [9.17, 15) is 22.0 Å². The highest BCUT2D eigenvalue weighted by molar-refractivity contribution is 7.89. The molecule has 2 aliphatic rings. The second kappa shape index (κ2) is 10.8. The molecule has 7 nitrogen and oxygen atoms in total. The number of carbonyl (C=O) groups excluding carboxylic acids is 1. The number of aromatic nitrogens is 1. The third-order valence-electron chi connectivity index (χ3n) is 6.57. The molecule has 1 amide bonds. The molecule has 4 rings (SSSR count).